The number of rotatable bonds is 17. The molecule has 0 aliphatic rings. The number of nitrogens with one attached hydrogen (secondary N) is 4. The van der Waals surface area contributed by atoms with Crippen molar-refractivity contribution in [1.82, 2.24) is 21.4 Å². The molecular formula is C28H38N4O9. The quantitative estimate of drug-likeness (QED) is 0.0712. The highest BCUT2D eigenvalue weighted by Gasteiger charge is 2.32. The SMILES string of the molecule is CCCCC[C@@H](C(=O)NCNC(=O)c1ccc(-c2cc(OCC)cc(C(=O)NCC(=O)O)c2)o1)[C@@H](CC)C(=O)NO. The number of carbonyl (C=O) groups excluding carboxylic acids is 4. The van der Waals surface area contributed by atoms with Crippen LogP contribution in [0.3, 0.4) is 0 Å². The van der Waals surface area contributed by atoms with E-state index in [1.807, 2.05) is 6.92 Å². The lowest BCUT2D eigenvalue weighted by atomic mass is 9.84. The van der Waals surface area contributed by atoms with Gasteiger partial charge in [-0.15, -0.1) is 0 Å². The Kier molecular flexibility index (Phi) is 13.3. The normalized spacial score (nSPS) is 12.1. The molecule has 6 N–H and O–H groups in total. The number of carboxylic acid groups (broad SMARTS) is 1. The third kappa shape index (κ3) is 9.94. The summed E-state index contributed by atoms with van der Waals surface area (Å²) in [7, 11) is 0. The van der Waals surface area contributed by atoms with Crippen LogP contribution in [0.2, 0.25) is 0 Å². The fourth-order valence-electron chi connectivity index (χ4n) is 4.29. The minimum absolute atomic E-state index is 0.0569. The zero-order valence-corrected chi connectivity index (χ0v) is 23.5. The molecule has 1 heterocycles. The minimum atomic E-state index is -1.19. The van der Waals surface area contributed by atoms with Crippen molar-refractivity contribution in [2.45, 2.75) is 52.9 Å². The Morgan fingerprint density at radius 3 is 2.29 bits per heavy atom. The molecule has 0 saturated heterocycles. The first-order chi connectivity index (χ1) is 19.6. The Hall–Kier alpha value is -4.39. The number of unbranched alkanes of at least 4 members (excludes halogenated alkanes) is 2. The predicted octanol–water partition coefficient (Wildman–Crippen LogP) is 2.69. The van der Waals surface area contributed by atoms with Crippen molar-refractivity contribution in [3.8, 4) is 17.1 Å². The van der Waals surface area contributed by atoms with Gasteiger partial charge in [0.05, 0.1) is 19.2 Å². The van der Waals surface area contributed by atoms with Crippen molar-refractivity contribution < 1.29 is 43.4 Å². The van der Waals surface area contributed by atoms with E-state index in [1.165, 1.54) is 24.3 Å². The largest absolute Gasteiger partial charge is 0.494 e. The third-order valence-corrected chi connectivity index (χ3v) is 6.33. The van der Waals surface area contributed by atoms with Gasteiger partial charge >= 0.3 is 5.97 Å². The Morgan fingerprint density at radius 2 is 1.66 bits per heavy atom. The van der Waals surface area contributed by atoms with E-state index in [0.29, 0.717) is 30.8 Å². The number of ether oxygens (including phenoxy) is 1. The lowest BCUT2D eigenvalue weighted by Crippen LogP contribution is -2.44. The molecule has 4 amide bonds. The monoisotopic (exact) mass is 574 g/mol. The molecule has 0 bridgehead atoms. The zero-order valence-electron chi connectivity index (χ0n) is 23.5. The average molecular weight is 575 g/mol. The first-order valence-corrected chi connectivity index (χ1v) is 13.5. The maximum Gasteiger partial charge on any atom is 0.322 e. The molecule has 13 heteroatoms. The van der Waals surface area contributed by atoms with Crippen LogP contribution in [0.15, 0.2) is 34.7 Å². The molecule has 2 aromatic rings. The summed E-state index contributed by atoms with van der Waals surface area (Å²) < 4.78 is 11.2. The first kappa shape index (κ1) is 32.8. The fraction of sp³-hybridized carbons (Fsp3) is 0.464. The van der Waals surface area contributed by atoms with Gasteiger partial charge in [0.25, 0.3) is 11.8 Å². The van der Waals surface area contributed by atoms with Crippen LogP contribution in [0.4, 0.5) is 0 Å². The Labute approximate surface area is 238 Å². The van der Waals surface area contributed by atoms with E-state index >= 15 is 0 Å². The van der Waals surface area contributed by atoms with E-state index in [-0.39, 0.29) is 23.8 Å². The zero-order chi connectivity index (χ0) is 30.4. The van der Waals surface area contributed by atoms with E-state index in [1.54, 1.807) is 25.4 Å². The number of hydrogen-bond donors (Lipinski definition) is 6. The first-order valence-electron chi connectivity index (χ1n) is 13.5. The Bertz CT molecular complexity index is 1210. The summed E-state index contributed by atoms with van der Waals surface area (Å²) in [6, 6.07) is 7.51. The van der Waals surface area contributed by atoms with Crippen molar-refractivity contribution in [3.05, 3.63) is 41.7 Å². The van der Waals surface area contributed by atoms with Crippen molar-refractivity contribution in [1.29, 1.82) is 0 Å². The van der Waals surface area contributed by atoms with Crippen molar-refractivity contribution in [2.24, 2.45) is 11.8 Å². The average Bonchev–Trinajstić information content (AvgIpc) is 3.46. The van der Waals surface area contributed by atoms with Gasteiger partial charge in [0.1, 0.15) is 18.1 Å². The molecule has 0 fully saturated rings. The molecule has 1 aromatic carbocycles. The topological polar surface area (TPSA) is 196 Å². The highest BCUT2D eigenvalue weighted by atomic mass is 16.5. The second kappa shape index (κ2) is 16.7. The van der Waals surface area contributed by atoms with Gasteiger partial charge in [-0.05, 0) is 50.1 Å². The van der Waals surface area contributed by atoms with Crippen molar-refractivity contribution in [3.63, 3.8) is 0 Å². The molecule has 0 radical (unpaired) electrons. The number of hydrogen-bond acceptors (Lipinski definition) is 8. The van der Waals surface area contributed by atoms with Crippen LogP contribution >= 0.6 is 0 Å². The van der Waals surface area contributed by atoms with Gasteiger partial charge in [0, 0.05) is 17.0 Å². The van der Waals surface area contributed by atoms with Crippen LogP contribution in [0.25, 0.3) is 11.3 Å². The summed E-state index contributed by atoms with van der Waals surface area (Å²) in [6.07, 6.45) is 3.37. The molecule has 0 saturated carbocycles. The van der Waals surface area contributed by atoms with Crippen LogP contribution in [0.5, 0.6) is 5.75 Å². The van der Waals surface area contributed by atoms with Gasteiger partial charge in [0.15, 0.2) is 5.76 Å². The van der Waals surface area contributed by atoms with Crippen molar-refractivity contribution in [2.75, 3.05) is 19.8 Å². The third-order valence-electron chi connectivity index (χ3n) is 6.33. The van der Waals surface area contributed by atoms with Gasteiger partial charge in [-0.25, -0.2) is 5.48 Å². The Balaban J connectivity index is 2.10. The van der Waals surface area contributed by atoms with E-state index in [0.717, 1.165) is 19.3 Å². The van der Waals surface area contributed by atoms with Gasteiger partial charge in [-0.3, -0.25) is 29.2 Å². The molecule has 2 rings (SSSR count). The van der Waals surface area contributed by atoms with Crippen LogP contribution in [-0.2, 0) is 14.4 Å². The van der Waals surface area contributed by atoms with Gasteiger partial charge in [-0.1, -0.05) is 33.1 Å². The summed E-state index contributed by atoms with van der Waals surface area (Å²) in [5, 5.41) is 25.4. The van der Waals surface area contributed by atoms with E-state index < -0.39 is 48.0 Å². The summed E-state index contributed by atoms with van der Waals surface area (Å²) >= 11 is 0. The Morgan fingerprint density at radius 1 is 0.902 bits per heavy atom. The smallest absolute Gasteiger partial charge is 0.322 e. The number of benzene rings is 1. The molecule has 0 unspecified atom stereocenters. The van der Waals surface area contributed by atoms with E-state index in [4.69, 9.17) is 19.5 Å². The predicted molar refractivity (Wildman–Crippen MR) is 147 cm³/mol. The maximum absolute atomic E-state index is 12.9. The molecule has 224 valence electrons. The standard InChI is InChI=1S/C28H38N4O9/c1-4-7-8-9-21(20(5-2)27(37)32-39)26(36)30-16-31-28(38)23-11-10-22(41-23)17-12-18(14-19(13-17)40-6-3)25(35)29-15-24(33)34/h10-14,20-21,39H,4-9,15-16H2,1-3H3,(H,29,35)(H,30,36)(H,31,38)(H,32,37)(H,33,34)/t20-,21-/m1/s1. The number of carbonyl (C=O) groups is 5. The number of hydroxylamine groups is 1. The van der Waals surface area contributed by atoms with Crippen LogP contribution < -0.4 is 26.2 Å². The summed E-state index contributed by atoms with van der Waals surface area (Å²) in [4.78, 5) is 60.9. The molecular weight excluding hydrogens is 536 g/mol. The molecule has 2 atom stereocenters. The van der Waals surface area contributed by atoms with Gasteiger partial charge in [0.2, 0.25) is 11.8 Å². The molecule has 41 heavy (non-hydrogen) atoms. The number of furan rings is 1. The highest BCUT2D eigenvalue weighted by molar-refractivity contribution is 5.97. The molecule has 0 aliphatic carbocycles. The van der Waals surface area contributed by atoms with E-state index in [2.05, 4.69) is 16.0 Å². The lowest BCUT2D eigenvalue weighted by molar-refractivity contribution is -0.140. The van der Waals surface area contributed by atoms with Gasteiger partial charge in [-0.2, -0.15) is 0 Å². The van der Waals surface area contributed by atoms with Crippen molar-refractivity contribution >= 4 is 29.6 Å². The number of amides is 4. The molecule has 1 aromatic heterocycles. The second-order valence-corrected chi connectivity index (χ2v) is 9.24. The van der Waals surface area contributed by atoms with Crippen LogP contribution in [-0.4, -0.2) is 59.7 Å². The lowest BCUT2D eigenvalue weighted by Gasteiger charge is -2.24. The van der Waals surface area contributed by atoms with Crippen LogP contribution in [0.1, 0.15) is 73.8 Å². The van der Waals surface area contributed by atoms with Gasteiger partial charge < -0.3 is 30.2 Å². The molecule has 0 spiro atoms. The molecule has 0 aliphatic heterocycles. The minimum Gasteiger partial charge on any atom is -0.494 e. The van der Waals surface area contributed by atoms with E-state index in [9.17, 15) is 24.0 Å². The maximum atomic E-state index is 12.9. The summed E-state index contributed by atoms with van der Waals surface area (Å²) in [6.45, 7) is 5.09. The number of carboxylic acids is 1. The number of aliphatic carboxylic acids is 1. The second-order valence-electron chi connectivity index (χ2n) is 9.24. The summed E-state index contributed by atoms with van der Waals surface area (Å²) in [5.41, 5.74) is 2.20. The molecule has 13 nitrogen and oxygen atoms in total. The summed E-state index contributed by atoms with van der Waals surface area (Å²) in [5.74, 6) is -4.32. The fourth-order valence-corrected chi connectivity index (χ4v) is 4.29. The highest BCUT2D eigenvalue weighted by Crippen LogP contribution is 2.28. The van der Waals surface area contributed by atoms with Crippen LogP contribution in [0, 0.1) is 11.8 Å².